The third-order valence-electron chi connectivity index (χ3n) is 5.10. The highest BCUT2D eigenvalue weighted by molar-refractivity contribution is 5.94. The maximum absolute atomic E-state index is 12.5. The van der Waals surface area contributed by atoms with Crippen LogP contribution in [0.15, 0.2) is 42.5 Å². The summed E-state index contributed by atoms with van der Waals surface area (Å²) in [6, 6.07) is 13.1. The van der Waals surface area contributed by atoms with Crippen LogP contribution in [-0.2, 0) is 6.54 Å². The van der Waals surface area contributed by atoms with E-state index in [1.54, 1.807) is 21.1 Å². The first-order valence-corrected chi connectivity index (χ1v) is 9.61. The molecule has 0 aliphatic carbocycles. The minimum absolute atomic E-state index is 0.0625. The van der Waals surface area contributed by atoms with Crippen molar-refractivity contribution < 1.29 is 19.1 Å². The molecule has 0 spiro atoms. The van der Waals surface area contributed by atoms with Crippen LogP contribution in [0.4, 0.5) is 10.5 Å². The molecular formula is C22H27N3O4. The molecule has 29 heavy (non-hydrogen) atoms. The molecule has 2 aromatic carbocycles. The summed E-state index contributed by atoms with van der Waals surface area (Å²) in [6.07, 6.45) is 0. The third kappa shape index (κ3) is 4.99. The molecule has 1 aliphatic heterocycles. The molecule has 0 saturated carbocycles. The Bertz CT molecular complexity index is 859. The number of Topliss-reactive ketones (excluding diaryl/α,β-unsaturated/α-hetero) is 1. The predicted molar refractivity (Wildman–Crippen MR) is 112 cm³/mol. The number of anilines is 1. The van der Waals surface area contributed by atoms with Gasteiger partial charge in [-0.15, -0.1) is 0 Å². The van der Waals surface area contributed by atoms with Crippen LogP contribution in [0, 0.1) is 0 Å². The Morgan fingerprint density at radius 1 is 0.931 bits per heavy atom. The van der Waals surface area contributed by atoms with Crippen molar-refractivity contribution in [3.05, 3.63) is 53.6 Å². The van der Waals surface area contributed by atoms with Gasteiger partial charge in [-0.05, 0) is 48.9 Å². The van der Waals surface area contributed by atoms with E-state index in [1.165, 1.54) is 0 Å². The van der Waals surface area contributed by atoms with Crippen LogP contribution in [-0.4, -0.2) is 57.1 Å². The number of urea groups is 1. The third-order valence-corrected chi connectivity index (χ3v) is 5.10. The fourth-order valence-electron chi connectivity index (χ4n) is 3.35. The smallest absolute Gasteiger partial charge is 0.317 e. The lowest BCUT2D eigenvalue weighted by Crippen LogP contribution is -2.51. The zero-order chi connectivity index (χ0) is 20.8. The number of benzene rings is 2. The summed E-state index contributed by atoms with van der Waals surface area (Å²) in [6.45, 7) is 4.78. The number of hydrogen-bond donors (Lipinski definition) is 1. The van der Waals surface area contributed by atoms with Gasteiger partial charge in [0.1, 0.15) is 0 Å². The minimum Gasteiger partial charge on any atom is -0.493 e. The molecule has 1 heterocycles. The lowest BCUT2D eigenvalue weighted by Gasteiger charge is -2.36. The molecule has 0 unspecified atom stereocenters. The van der Waals surface area contributed by atoms with Crippen molar-refractivity contribution >= 4 is 17.5 Å². The first-order chi connectivity index (χ1) is 14.0. The summed E-state index contributed by atoms with van der Waals surface area (Å²) < 4.78 is 10.5. The Morgan fingerprint density at radius 3 is 2.17 bits per heavy atom. The van der Waals surface area contributed by atoms with Crippen LogP contribution in [0.2, 0.25) is 0 Å². The van der Waals surface area contributed by atoms with Gasteiger partial charge >= 0.3 is 6.03 Å². The molecular weight excluding hydrogens is 370 g/mol. The minimum atomic E-state index is -0.0774. The van der Waals surface area contributed by atoms with Crippen molar-refractivity contribution in [2.75, 3.05) is 45.3 Å². The monoisotopic (exact) mass is 397 g/mol. The molecule has 1 aliphatic rings. The second kappa shape index (κ2) is 9.32. The number of piperazine rings is 1. The van der Waals surface area contributed by atoms with Gasteiger partial charge in [-0.3, -0.25) is 4.79 Å². The first-order valence-electron chi connectivity index (χ1n) is 9.61. The zero-order valence-electron chi connectivity index (χ0n) is 17.1. The van der Waals surface area contributed by atoms with Gasteiger partial charge in [0.15, 0.2) is 17.3 Å². The summed E-state index contributed by atoms with van der Waals surface area (Å²) in [7, 11) is 3.18. The van der Waals surface area contributed by atoms with Crippen LogP contribution < -0.4 is 19.7 Å². The number of carbonyl (C=O) groups excluding carboxylic acids is 2. The van der Waals surface area contributed by atoms with Gasteiger partial charge < -0.3 is 24.6 Å². The fraction of sp³-hybridized carbons (Fsp3) is 0.364. The Balaban J connectivity index is 1.50. The number of rotatable bonds is 6. The highest BCUT2D eigenvalue weighted by atomic mass is 16.5. The molecule has 7 nitrogen and oxygen atoms in total. The van der Waals surface area contributed by atoms with Crippen molar-refractivity contribution in [2.24, 2.45) is 0 Å². The van der Waals surface area contributed by atoms with Crippen molar-refractivity contribution in [1.82, 2.24) is 10.2 Å². The summed E-state index contributed by atoms with van der Waals surface area (Å²) in [5.74, 6) is 1.37. The van der Waals surface area contributed by atoms with E-state index in [-0.39, 0.29) is 11.8 Å². The van der Waals surface area contributed by atoms with Crippen molar-refractivity contribution in [2.45, 2.75) is 13.5 Å². The molecule has 154 valence electrons. The van der Waals surface area contributed by atoms with Gasteiger partial charge in [0.25, 0.3) is 0 Å². The number of carbonyl (C=O) groups is 2. The van der Waals surface area contributed by atoms with Crippen LogP contribution in [0.1, 0.15) is 22.8 Å². The van der Waals surface area contributed by atoms with E-state index in [0.717, 1.165) is 24.3 Å². The van der Waals surface area contributed by atoms with Gasteiger partial charge in [0.05, 0.1) is 14.2 Å². The Kier molecular flexibility index (Phi) is 6.59. The largest absolute Gasteiger partial charge is 0.493 e. The zero-order valence-corrected chi connectivity index (χ0v) is 17.1. The second-order valence-electron chi connectivity index (χ2n) is 6.93. The summed E-state index contributed by atoms with van der Waals surface area (Å²) >= 11 is 0. The Labute approximate surface area is 171 Å². The Hall–Kier alpha value is -3.22. The number of ether oxygens (including phenoxy) is 2. The quantitative estimate of drug-likeness (QED) is 0.759. The maximum Gasteiger partial charge on any atom is 0.317 e. The van der Waals surface area contributed by atoms with Crippen LogP contribution >= 0.6 is 0 Å². The van der Waals surface area contributed by atoms with E-state index >= 15 is 0 Å². The van der Waals surface area contributed by atoms with E-state index < -0.39 is 0 Å². The fourth-order valence-corrected chi connectivity index (χ4v) is 3.35. The number of nitrogens with one attached hydrogen (secondary N) is 1. The molecule has 0 atom stereocenters. The average molecular weight is 397 g/mol. The van der Waals surface area contributed by atoms with Gasteiger partial charge in [0, 0.05) is 44.0 Å². The lowest BCUT2D eigenvalue weighted by atomic mass is 10.1. The molecule has 3 rings (SSSR count). The summed E-state index contributed by atoms with van der Waals surface area (Å²) in [5.41, 5.74) is 2.72. The SMILES string of the molecule is COc1ccc(CNC(=O)N2CCN(c3ccc(C(C)=O)cc3)CC2)cc1OC. The van der Waals surface area contributed by atoms with E-state index in [1.807, 2.05) is 47.4 Å². The van der Waals surface area contributed by atoms with Crippen LogP contribution in [0.25, 0.3) is 0 Å². The number of ketones is 1. The molecule has 2 aromatic rings. The highest BCUT2D eigenvalue weighted by Crippen LogP contribution is 2.27. The van der Waals surface area contributed by atoms with E-state index in [9.17, 15) is 9.59 Å². The molecule has 0 bridgehead atoms. The van der Waals surface area contributed by atoms with Crippen LogP contribution in [0.3, 0.4) is 0 Å². The average Bonchev–Trinajstić information content (AvgIpc) is 2.77. The van der Waals surface area contributed by atoms with Gasteiger partial charge in [-0.25, -0.2) is 4.79 Å². The van der Waals surface area contributed by atoms with E-state index in [4.69, 9.17) is 9.47 Å². The molecule has 0 radical (unpaired) electrons. The van der Waals surface area contributed by atoms with Gasteiger partial charge in [-0.2, -0.15) is 0 Å². The summed E-state index contributed by atoms with van der Waals surface area (Å²) in [4.78, 5) is 28.0. The number of nitrogens with zero attached hydrogens (tertiary/aromatic N) is 2. The Morgan fingerprint density at radius 2 is 1.59 bits per heavy atom. The maximum atomic E-state index is 12.5. The molecule has 7 heteroatoms. The highest BCUT2D eigenvalue weighted by Gasteiger charge is 2.21. The number of hydrogen-bond acceptors (Lipinski definition) is 5. The first kappa shape index (κ1) is 20.5. The molecule has 1 saturated heterocycles. The normalized spacial score (nSPS) is 13.8. The van der Waals surface area contributed by atoms with Gasteiger partial charge in [-0.1, -0.05) is 6.07 Å². The molecule has 0 aromatic heterocycles. The van der Waals surface area contributed by atoms with Crippen molar-refractivity contribution in [3.63, 3.8) is 0 Å². The number of amides is 2. The van der Waals surface area contributed by atoms with E-state index in [0.29, 0.717) is 36.7 Å². The topological polar surface area (TPSA) is 71.1 Å². The van der Waals surface area contributed by atoms with E-state index in [2.05, 4.69) is 10.2 Å². The molecule has 1 fully saturated rings. The van der Waals surface area contributed by atoms with Crippen LogP contribution in [0.5, 0.6) is 11.5 Å². The lowest BCUT2D eigenvalue weighted by molar-refractivity contribution is 0.101. The molecule has 1 N–H and O–H groups in total. The summed E-state index contributed by atoms with van der Waals surface area (Å²) in [5, 5.41) is 2.97. The van der Waals surface area contributed by atoms with Crippen molar-refractivity contribution in [1.29, 1.82) is 0 Å². The standard InChI is InChI=1S/C22H27N3O4/c1-16(26)18-5-7-19(8-6-18)24-10-12-25(13-11-24)22(27)23-15-17-4-9-20(28-2)21(14-17)29-3/h4-9,14H,10-13,15H2,1-3H3,(H,23,27). The molecule has 2 amide bonds. The van der Waals surface area contributed by atoms with Crippen molar-refractivity contribution in [3.8, 4) is 11.5 Å². The number of methoxy groups -OCH3 is 2. The predicted octanol–water partition coefficient (Wildman–Crippen LogP) is 2.94. The second-order valence-corrected chi connectivity index (χ2v) is 6.93. The van der Waals surface area contributed by atoms with Gasteiger partial charge in [0.2, 0.25) is 0 Å².